The normalized spacial score (nSPS) is 31.6. The van der Waals surface area contributed by atoms with Crippen LogP contribution >= 0.6 is 0 Å². The molecule has 2 atom stereocenters. The van der Waals surface area contributed by atoms with Crippen molar-refractivity contribution in [2.45, 2.75) is 52.0 Å². The van der Waals surface area contributed by atoms with Gasteiger partial charge in [0.1, 0.15) is 0 Å². The molecule has 2 aliphatic rings. The number of amides is 2. The van der Waals surface area contributed by atoms with Crippen molar-refractivity contribution in [2.75, 3.05) is 19.6 Å². The van der Waals surface area contributed by atoms with Crippen LogP contribution in [0.15, 0.2) is 0 Å². The number of nitrogens with zero attached hydrogens (tertiary/aromatic N) is 2. The quantitative estimate of drug-likeness (QED) is 0.620. The van der Waals surface area contributed by atoms with Crippen LogP contribution in [0.25, 0.3) is 0 Å². The van der Waals surface area contributed by atoms with E-state index < -0.39 is 0 Å². The van der Waals surface area contributed by atoms with Crippen LogP contribution in [0.1, 0.15) is 46.0 Å². The summed E-state index contributed by atoms with van der Waals surface area (Å²) in [7, 11) is 0. The predicted molar refractivity (Wildman–Crippen MR) is 65.4 cm³/mol. The van der Waals surface area contributed by atoms with Gasteiger partial charge < -0.3 is 9.80 Å². The Morgan fingerprint density at radius 3 is 2.38 bits per heavy atom. The highest BCUT2D eigenvalue weighted by Crippen LogP contribution is 2.24. The number of hydrogen-bond donors (Lipinski definition) is 0. The zero-order valence-corrected chi connectivity index (χ0v) is 10.6. The molecule has 3 nitrogen and oxygen atoms in total. The highest BCUT2D eigenvalue weighted by Gasteiger charge is 2.31. The van der Waals surface area contributed by atoms with Crippen LogP contribution in [0.4, 0.5) is 4.79 Å². The SMILES string of the molecule is CC1CCCN(C(=O)N2CCCCC2)C1C. The third-order valence-electron chi connectivity index (χ3n) is 4.25. The summed E-state index contributed by atoms with van der Waals surface area (Å²) in [6.07, 6.45) is 6.10. The van der Waals surface area contributed by atoms with Crippen LogP contribution in [0.2, 0.25) is 0 Å². The van der Waals surface area contributed by atoms with Crippen LogP contribution in [0.3, 0.4) is 0 Å². The van der Waals surface area contributed by atoms with Crippen molar-refractivity contribution in [3.63, 3.8) is 0 Å². The highest BCUT2D eigenvalue weighted by molar-refractivity contribution is 5.75. The molecule has 2 amide bonds. The monoisotopic (exact) mass is 224 g/mol. The topological polar surface area (TPSA) is 23.6 Å². The van der Waals surface area contributed by atoms with E-state index in [1.54, 1.807) is 0 Å². The van der Waals surface area contributed by atoms with E-state index in [1.807, 2.05) is 0 Å². The first-order chi connectivity index (χ1) is 7.70. The second-order valence-corrected chi connectivity index (χ2v) is 5.38. The standard InChI is InChI=1S/C13H24N2O/c1-11-7-6-10-15(12(11)2)13(16)14-8-4-3-5-9-14/h11-12H,3-10H2,1-2H3. The third-order valence-corrected chi connectivity index (χ3v) is 4.25. The first-order valence-electron chi connectivity index (χ1n) is 6.75. The van der Waals surface area contributed by atoms with E-state index in [-0.39, 0.29) is 0 Å². The summed E-state index contributed by atoms with van der Waals surface area (Å²) in [5.41, 5.74) is 0. The number of carbonyl (C=O) groups excluding carboxylic acids is 1. The zero-order valence-electron chi connectivity index (χ0n) is 10.6. The summed E-state index contributed by atoms with van der Waals surface area (Å²) in [4.78, 5) is 16.5. The lowest BCUT2D eigenvalue weighted by molar-refractivity contribution is 0.0935. The van der Waals surface area contributed by atoms with E-state index >= 15 is 0 Å². The van der Waals surface area contributed by atoms with Crippen LogP contribution in [0.5, 0.6) is 0 Å². The molecular weight excluding hydrogens is 200 g/mol. The third kappa shape index (κ3) is 2.33. The number of carbonyl (C=O) groups is 1. The van der Waals surface area contributed by atoms with Gasteiger partial charge in [0, 0.05) is 25.7 Å². The molecule has 2 saturated heterocycles. The maximum Gasteiger partial charge on any atom is 0.320 e. The van der Waals surface area contributed by atoms with Crippen molar-refractivity contribution in [1.29, 1.82) is 0 Å². The number of piperidine rings is 2. The van der Waals surface area contributed by atoms with E-state index in [0.717, 1.165) is 19.6 Å². The maximum absolute atomic E-state index is 12.4. The molecule has 16 heavy (non-hydrogen) atoms. The second kappa shape index (κ2) is 5.07. The summed E-state index contributed by atoms with van der Waals surface area (Å²) in [6, 6.07) is 0.710. The van der Waals surface area contributed by atoms with Crippen molar-refractivity contribution < 1.29 is 4.79 Å². The lowest BCUT2D eigenvalue weighted by atomic mass is 9.92. The van der Waals surface area contributed by atoms with Crippen molar-refractivity contribution in [2.24, 2.45) is 5.92 Å². The van der Waals surface area contributed by atoms with E-state index in [2.05, 4.69) is 23.6 Å². The van der Waals surface area contributed by atoms with Crippen LogP contribution in [0, 0.1) is 5.92 Å². The molecule has 0 radical (unpaired) electrons. The molecule has 3 heteroatoms. The highest BCUT2D eigenvalue weighted by atomic mass is 16.2. The molecule has 2 heterocycles. The smallest absolute Gasteiger partial charge is 0.320 e. The average molecular weight is 224 g/mol. The molecule has 2 aliphatic heterocycles. The van der Waals surface area contributed by atoms with Gasteiger partial charge in [-0.3, -0.25) is 0 Å². The molecule has 0 aromatic rings. The Bertz CT molecular complexity index is 248. The Morgan fingerprint density at radius 1 is 1.00 bits per heavy atom. The Labute approximate surface area is 98.8 Å². The summed E-state index contributed by atoms with van der Waals surface area (Å²) in [5, 5.41) is 0. The molecule has 2 rings (SSSR count). The fourth-order valence-corrected chi connectivity index (χ4v) is 2.87. The van der Waals surface area contributed by atoms with Gasteiger partial charge >= 0.3 is 6.03 Å². The van der Waals surface area contributed by atoms with Crippen LogP contribution < -0.4 is 0 Å². The lowest BCUT2D eigenvalue weighted by Crippen LogP contribution is -2.52. The Morgan fingerprint density at radius 2 is 1.69 bits per heavy atom. The molecule has 92 valence electrons. The predicted octanol–water partition coefficient (Wildman–Crippen LogP) is 2.71. The second-order valence-electron chi connectivity index (χ2n) is 5.38. The van der Waals surface area contributed by atoms with Crippen molar-refractivity contribution in [3.8, 4) is 0 Å². The van der Waals surface area contributed by atoms with E-state index in [4.69, 9.17) is 0 Å². The molecule has 2 unspecified atom stereocenters. The first kappa shape index (κ1) is 11.7. The van der Waals surface area contributed by atoms with Gasteiger partial charge in [-0.15, -0.1) is 0 Å². The van der Waals surface area contributed by atoms with Crippen LogP contribution in [-0.4, -0.2) is 41.5 Å². The molecule has 2 fully saturated rings. The molecule has 0 N–H and O–H groups in total. The van der Waals surface area contributed by atoms with Gasteiger partial charge in [0.05, 0.1) is 0 Å². The van der Waals surface area contributed by atoms with E-state index in [1.165, 1.54) is 32.1 Å². The zero-order chi connectivity index (χ0) is 11.5. The van der Waals surface area contributed by atoms with Gasteiger partial charge in [0.25, 0.3) is 0 Å². The minimum atomic E-state index is 0.291. The van der Waals surface area contributed by atoms with Gasteiger partial charge in [0.2, 0.25) is 0 Å². The Balaban J connectivity index is 1.96. The summed E-state index contributed by atoms with van der Waals surface area (Å²) >= 11 is 0. The number of hydrogen-bond acceptors (Lipinski definition) is 1. The fraction of sp³-hybridized carbons (Fsp3) is 0.923. The lowest BCUT2D eigenvalue weighted by Gasteiger charge is -2.41. The van der Waals surface area contributed by atoms with Gasteiger partial charge in [-0.2, -0.15) is 0 Å². The minimum absolute atomic E-state index is 0.291. The minimum Gasteiger partial charge on any atom is -0.325 e. The fourth-order valence-electron chi connectivity index (χ4n) is 2.87. The average Bonchev–Trinajstić information content (AvgIpc) is 2.33. The molecule has 0 saturated carbocycles. The van der Waals surface area contributed by atoms with Gasteiger partial charge in [-0.05, 0) is 44.9 Å². The summed E-state index contributed by atoms with van der Waals surface area (Å²) in [6.45, 7) is 7.36. The number of urea groups is 1. The van der Waals surface area contributed by atoms with E-state index in [0.29, 0.717) is 18.0 Å². The molecule has 0 aliphatic carbocycles. The Hall–Kier alpha value is -0.730. The summed E-state index contributed by atoms with van der Waals surface area (Å²) < 4.78 is 0. The molecule has 0 spiro atoms. The number of rotatable bonds is 0. The molecule has 0 aromatic carbocycles. The first-order valence-corrected chi connectivity index (χ1v) is 6.75. The number of likely N-dealkylation sites (tertiary alicyclic amines) is 2. The van der Waals surface area contributed by atoms with Gasteiger partial charge in [0.15, 0.2) is 0 Å². The largest absolute Gasteiger partial charge is 0.325 e. The van der Waals surface area contributed by atoms with Crippen molar-refractivity contribution in [1.82, 2.24) is 9.80 Å². The van der Waals surface area contributed by atoms with Crippen molar-refractivity contribution in [3.05, 3.63) is 0 Å². The molecular formula is C13H24N2O. The van der Waals surface area contributed by atoms with Gasteiger partial charge in [-0.1, -0.05) is 6.92 Å². The van der Waals surface area contributed by atoms with E-state index in [9.17, 15) is 4.79 Å². The van der Waals surface area contributed by atoms with Gasteiger partial charge in [-0.25, -0.2) is 4.79 Å². The van der Waals surface area contributed by atoms with Crippen LogP contribution in [-0.2, 0) is 0 Å². The Kier molecular flexibility index (Phi) is 3.72. The summed E-state index contributed by atoms with van der Waals surface area (Å²) in [5.74, 6) is 0.655. The van der Waals surface area contributed by atoms with Crippen molar-refractivity contribution >= 4 is 6.03 Å². The molecule has 0 aromatic heterocycles. The maximum atomic E-state index is 12.4. The molecule has 0 bridgehead atoms.